The molecule has 0 saturated carbocycles. The van der Waals surface area contributed by atoms with Crippen molar-refractivity contribution in [3.8, 4) is 5.69 Å². The van der Waals surface area contributed by atoms with Crippen LogP contribution in [0.15, 0.2) is 67.3 Å². The molecule has 1 aromatic heterocycles. The van der Waals surface area contributed by atoms with Gasteiger partial charge in [-0.25, -0.2) is 9.78 Å². The van der Waals surface area contributed by atoms with Crippen molar-refractivity contribution < 1.29 is 4.79 Å². The Morgan fingerprint density at radius 1 is 1.20 bits per heavy atom. The molecule has 1 heterocycles. The van der Waals surface area contributed by atoms with Crippen molar-refractivity contribution in [1.82, 2.24) is 19.8 Å². The zero-order valence-electron chi connectivity index (χ0n) is 13.9. The summed E-state index contributed by atoms with van der Waals surface area (Å²) in [6, 6.07) is 15.4. The number of rotatable bonds is 5. The highest BCUT2D eigenvalue weighted by Gasteiger charge is 2.09. The molecule has 0 aliphatic rings. The largest absolute Gasteiger partial charge is 0.334 e. The van der Waals surface area contributed by atoms with Crippen molar-refractivity contribution in [2.75, 3.05) is 7.05 Å². The SMILES string of the molecule is CN(Cc1cccc(Cl)c1)C(=O)NCc1ccc(-n2ccnc2)cc1. The maximum atomic E-state index is 12.2. The molecule has 6 heteroatoms. The van der Waals surface area contributed by atoms with Crippen LogP contribution in [0.2, 0.25) is 5.02 Å². The number of hydrogen-bond acceptors (Lipinski definition) is 2. The minimum Gasteiger partial charge on any atom is -0.334 e. The molecule has 0 spiro atoms. The lowest BCUT2D eigenvalue weighted by molar-refractivity contribution is 0.206. The van der Waals surface area contributed by atoms with Gasteiger partial charge < -0.3 is 14.8 Å². The summed E-state index contributed by atoms with van der Waals surface area (Å²) in [7, 11) is 1.76. The fourth-order valence-corrected chi connectivity index (χ4v) is 2.70. The minimum absolute atomic E-state index is 0.126. The van der Waals surface area contributed by atoms with Gasteiger partial charge in [0.15, 0.2) is 0 Å². The van der Waals surface area contributed by atoms with E-state index in [0.29, 0.717) is 18.1 Å². The van der Waals surface area contributed by atoms with Crippen molar-refractivity contribution in [1.29, 1.82) is 0 Å². The molecule has 0 saturated heterocycles. The Morgan fingerprint density at radius 2 is 2.00 bits per heavy atom. The average molecular weight is 355 g/mol. The number of nitrogens with one attached hydrogen (secondary N) is 1. The number of aromatic nitrogens is 2. The smallest absolute Gasteiger partial charge is 0.317 e. The van der Waals surface area contributed by atoms with Crippen LogP contribution < -0.4 is 5.32 Å². The maximum Gasteiger partial charge on any atom is 0.317 e. The zero-order valence-corrected chi connectivity index (χ0v) is 14.6. The average Bonchev–Trinajstić information content (AvgIpc) is 3.14. The summed E-state index contributed by atoms with van der Waals surface area (Å²) in [6.45, 7) is 0.981. The highest BCUT2D eigenvalue weighted by molar-refractivity contribution is 6.30. The summed E-state index contributed by atoms with van der Waals surface area (Å²) in [5.74, 6) is 0. The molecule has 2 aromatic carbocycles. The van der Waals surface area contributed by atoms with Gasteiger partial charge in [-0.15, -0.1) is 0 Å². The first kappa shape index (κ1) is 17.0. The molecular formula is C19H19ClN4O. The van der Waals surface area contributed by atoms with Crippen LogP contribution in [-0.4, -0.2) is 27.5 Å². The Hall–Kier alpha value is -2.79. The molecule has 0 unspecified atom stereocenters. The van der Waals surface area contributed by atoms with Crippen LogP contribution in [0.4, 0.5) is 4.79 Å². The maximum absolute atomic E-state index is 12.2. The molecule has 0 fully saturated rings. The highest BCUT2D eigenvalue weighted by atomic mass is 35.5. The van der Waals surface area contributed by atoms with E-state index >= 15 is 0 Å². The summed E-state index contributed by atoms with van der Waals surface area (Å²) in [5, 5.41) is 3.59. The van der Waals surface area contributed by atoms with E-state index in [2.05, 4.69) is 10.3 Å². The van der Waals surface area contributed by atoms with E-state index in [1.165, 1.54) is 0 Å². The lowest BCUT2D eigenvalue weighted by atomic mass is 10.2. The predicted molar refractivity (Wildman–Crippen MR) is 98.7 cm³/mol. The first-order chi connectivity index (χ1) is 12.1. The van der Waals surface area contributed by atoms with Gasteiger partial charge in [0.05, 0.1) is 6.33 Å². The van der Waals surface area contributed by atoms with Gasteiger partial charge in [-0.2, -0.15) is 0 Å². The van der Waals surface area contributed by atoms with Crippen LogP contribution in [0.25, 0.3) is 5.69 Å². The van der Waals surface area contributed by atoms with E-state index in [4.69, 9.17) is 11.6 Å². The molecule has 3 rings (SSSR count). The Balaban J connectivity index is 1.53. The molecule has 128 valence electrons. The number of carbonyl (C=O) groups excluding carboxylic acids is 1. The molecule has 3 aromatic rings. The molecule has 2 amide bonds. The summed E-state index contributed by atoms with van der Waals surface area (Å²) >= 11 is 5.97. The van der Waals surface area contributed by atoms with Gasteiger partial charge in [-0.3, -0.25) is 0 Å². The van der Waals surface area contributed by atoms with Crippen LogP contribution in [-0.2, 0) is 13.1 Å². The molecule has 0 radical (unpaired) electrons. The third-order valence-electron chi connectivity index (χ3n) is 3.84. The Bertz CT molecular complexity index is 831. The predicted octanol–water partition coefficient (Wildman–Crippen LogP) is 3.87. The van der Waals surface area contributed by atoms with Crippen molar-refractivity contribution in [3.63, 3.8) is 0 Å². The first-order valence-electron chi connectivity index (χ1n) is 7.92. The number of urea groups is 1. The number of hydrogen-bond donors (Lipinski definition) is 1. The molecule has 0 aliphatic heterocycles. The van der Waals surface area contributed by atoms with E-state index in [1.54, 1.807) is 24.5 Å². The van der Waals surface area contributed by atoms with Gasteiger partial charge in [0.1, 0.15) is 0 Å². The fraction of sp³-hybridized carbons (Fsp3) is 0.158. The molecule has 0 bridgehead atoms. The fourth-order valence-electron chi connectivity index (χ4n) is 2.49. The van der Waals surface area contributed by atoms with E-state index < -0.39 is 0 Å². The molecule has 1 N–H and O–H groups in total. The molecule has 5 nitrogen and oxygen atoms in total. The van der Waals surface area contributed by atoms with Gasteiger partial charge in [-0.05, 0) is 35.4 Å². The van der Waals surface area contributed by atoms with E-state index in [0.717, 1.165) is 16.8 Å². The Labute approximate surface area is 151 Å². The molecular weight excluding hydrogens is 336 g/mol. The van der Waals surface area contributed by atoms with Crippen molar-refractivity contribution in [3.05, 3.63) is 83.4 Å². The van der Waals surface area contributed by atoms with Crippen LogP contribution in [0.3, 0.4) is 0 Å². The van der Waals surface area contributed by atoms with E-state index in [9.17, 15) is 4.79 Å². The Kier molecular flexibility index (Phi) is 5.36. The summed E-state index contributed by atoms with van der Waals surface area (Å²) in [4.78, 5) is 17.9. The summed E-state index contributed by atoms with van der Waals surface area (Å²) < 4.78 is 1.93. The van der Waals surface area contributed by atoms with Crippen LogP contribution in [0.1, 0.15) is 11.1 Å². The van der Waals surface area contributed by atoms with E-state index in [-0.39, 0.29) is 6.03 Å². The lowest BCUT2D eigenvalue weighted by Crippen LogP contribution is -2.36. The number of imidazole rings is 1. The second-order valence-corrected chi connectivity index (χ2v) is 6.22. The van der Waals surface area contributed by atoms with E-state index in [1.807, 2.05) is 59.3 Å². The highest BCUT2D eigenvalue weighted by Crippen LogP contribution is 2.12. The second kappa shape index (κ2) is 7.85. The third-order valence-corrected chi connectivity index (χ3v) is 4.07. The van der Waals surface area contributed by atoms with Gasteiger partial charge in [0.2, 0.25) is 0 Å². The van der Waals surface area contributed by atoms with Crippen molar-refractivity contribution in [2.24, 2.45) is 0 Å². The third kappa shape index (κ3) is 4.61. The lowest BCUT2D eigenvalue weighted by Gasteiger charge is -2.18. The van der Waals surface area contributed by atoms with Crippen LogP contribution >= 0.6 is 11.6 Å². The number of nitrogens with zero attached hydrogens (tertiary/aromatic N) is 3. The second-order valence-electron chi connectivity index (χ2n) is 5.78. The normalized spacial score (nSPS) is 10.5. The Morgan fingerprint density at radius 3 is 2.68 bits per heavy atom. The van der Waals surface area contributed by atoms with Crippen LogP contribution in [0.5, 0.6) is 0 Å². The van der Waals surface area contributed by atoms with Crippen LogP contribution in [0, 0.1) is 0 Å². The number of halogens is 1. The topological polar surface area (TPSA) is 50.2 Å². The first-order valence-corrected chi connectivity index (χ1v) is 8.30. The standard InChI is InChI=1S/C19H19ClN4O/c1-23(13-16-3-2-4-17(20)11-16)19(25)22-12-15-5-7-18(8-6-15)24-10-9-21-14-24/h2-11,14H,12-13H2,1H3,(H,22,25). The number of amides is 2. The number of carbonyl (C=O) groups is 1. The van der Waals surface area contributed by atoms with Gasteiger partial charge in [-0.1, -0.05) is 35.9 Å². The van der Waals surface area contributed by atoms with Crippen molar-refractivity contribution >= 4 is 17.6 Å². The minimum atomic E-state index is -0.126. The molecule has 25 heavy (non-hydrogen) atoms. The van der Waals surface area contributed by atoms with Crippen molar-refractivity contribution in [2.45, 2.75) is 13.1 Å². The van der Waals surface area contributed by atoms with Gasteiger partial charge in [0.25, 0.3) is 0 Å². The molecule has 0 aliphatic carbocycles. The molecule has 0 atom stereocenters. The zero-order chi connectivity index (χ0) is 17.6. The quantitative estimate of drug-likeness (QED) is 0.756. The summed E-state index contributed by atoms with van der Waals surface area (Å²) in [6.07, 6.45) is 5.38. The number of benzene rings is 2. The van der Waals surface area contributed by atoms with Gasteiger partial charge in [0, 0.05) is 43.2 Å². The monoisotopic (exact) mass is 354 g/mol. The summed E-state index contributed by atoms with van der Waals surface area (Å²) in [5.41, 5.74) is 3.06. The van der Waals surface area contributed by atoms with Gasteiger partial charge >= 0.3 is 6.03 Å².